The molecule has 1 aliphatic heterocycles. The molecule has 0 radical (unpaired) electrons. The van der Waals surface area contributed by atoms with E-state index in [1.165, 1.54) is 0 Å². The number of hydrogen-bond donors (Lipinski definition) is 2. The Balaban J connectivity index is 2.28. The highest BCUT2D eigenvalue weighted by Gasteiger charge is 2.29. The van der Waals surface area contributed by atoms with Gasteiger partial charge in [-0.2, -0.15) is 0 Å². The maximum atomic E-state index is 11.2. The minimum atomic E-state index is -0.466. The van der Waals surface area contributed by atoms with Crippen molar-refractivity contribution in [2.75, 3.05) is 19.8 Å². The predicted molar refractivity (Wildman–Crippen MR) is 54.6 cm³/mol. The minimum absolute atomic E-state index is 0.0401. The molecule has 88 valence electrons. The SMILES string of the molecule is CC1(C)CC(NC(=O)OCCO)CCO1. The fourth-order valence-corrected chi connectivity index (χ4v) is 1.70. The molecule has 0 aromatic rings. The summed E-state index contributed by atoms with van der Waals surface area (Å²) < 4.78 is 10.2. The number of aliphatic hydroxyl groups is 1. The molecule has 15 heavy (non-hydrogen) atoms. The highest BCUT2D eigenvalue weighted by molar-refractivity contribution is 5.67. The molecule has 1 heterocycles. The van der Waals surface area contributed by atoms with Gasteiger partial charge in [-0.3, -0.25) is 0 Å². The van der Waals surface area contributed by atoms with Gasteiger partial charge in [-0.05, 0) is 26.7 Å². The molecule has 0 aromatic heterocycles. The molecule has 1 fully saturated rings. The molecule has 1 atom stereocenters. The molecular formula is C10H19NO4. The maximum Gasteiger partial charge on any atom is 0.407 e. The van der Waals surface area contributed by atoms with E-state index >= 15 is 0 Å². The van der Waals surface area contributed by atoms with Gasteiger partial charge in [-0.1, -0.05) is 0 Å². The summed E-state index contributed by atoms with van der Waals surface area (Å²) in [6, 6.07) is 0.0972. The summed E-state index contributed by atoms with van der Waals surface area (Å²) in [7, 11) is 0. The number of carbonyl (C=O) groups excluding carboxylic acids is 1. The van der Waals surface area contributed by atoms with Crippen LogP contribution < -0.4 is 5.32 Å². The fourth-order valence-electron chi connectivity index (χ4n) is 1.70. The Labute approximate surface area is 89.8 Å². The summed E-state index contributed by atoms with van der Waals surface area (Å²) in [4.78, 5) is 11.2. The number of aliphatic hydroxyl groups excluding tert-OH is 1. The van der Waals surface area contributed by atoms with E-state index < -0.39 is 6.09 Å². The number of hydrogen-bond acceptors (Lipinski definition) is 4. The van der Waals surface area contributed by atoms with E-state index in [0.717, 1.165) is 12.8 Å². The molecule has 1 aliphatic rings. The molecule has 5 nitrogen and oxygen atoms in total. The van der Waals surface area contributed by atoms with Crippen LogP contribution in [0, 0.1) is 0 Å². The number of carbonyl (C=O) groups is 1. The van der Waals surface area contributed by atoms with Crippen LogP contribution in [0.25, 0.3) is 0 Å². The molecule has 1 rings (SSSR count). The van der Waals surface area contributed by atoms with Crippen molar-refractivity contribution in [1.82, 2.24) is 5.32 Å². The molecule has 2 N–H and O–H groups in total. The van der Waals surface area contributed by atoms with Gasteiger partial charge in [0.25, 0.3) is 0 Å². The molecule has 0 aliphatic carbocycles. The molecular weight excluding hydrogens is 198 g/mol. The first-order valence-corrected chi connectivity index (χ1v) is 5.21. The molecule has 1 amide bonds. The van der Waals surface area contributed by atoms with Gasteiger partial charge in [-0.15, -0.1) is 0 Å². The first kappa shape index (κ1) is 12.3. The number of amides is 1. The van der Waals surface area contributed by atoms with Gasteiger partial charge < -0.3 is 19.9 Å². The summed E-state index contributed by atoms with van der Waals surface area (Å²) in [6.07, 6.45) is 1.12. The normalized spacial score (nSPS) is 24.6. The van der Waals surface area contributed by atoms with Gasteiger partial charge in [0.1, 0.15) is 6.61 Å². The molecule has 0 aromatic carbocycles. The summed E-state index contributed by atoms with van der Waals surface area (Å²) in [5.74, 6) is 0. The third kappa shape index (κ3) is 4.48. The summed E-state index contributed by atoms with van der Waals surface area (Å²) in [6.45, 7) is 4.54. The zero-order chi connectivity index (χ0) is 11.3. The van der Waals surface area contributed by atoms with Gasteiger partial charge in [-0.25, -0.2) is 4.79 Å². The third-order valence-electron chi connectivity index (χ3n) is 2.34. The maximum absolute atomic E-state index is 11.2. The average Bonchev–Trinajstić information content (AvgIpc) is 2.13. The quantitative estimate of drug-likeness (QED) is 0.728. The minimum Gasteiger partial charge on any atom is -0.447 e. The van der Waals surface area contributed by atoms with Gasteiger partial charge in [0.05, 0.1) is 12.2 Å². The van der Waals surface area contributed by atoms with Crippen LogP contribution in [0.4, 0.5) is 4.79 Å². The van der Waals surface area contributed by atoms with Crippen LogP contribution in [0.1, 0.15) is 26.7 Å². The summed E-state index contributed by atoms with van der Waals surface area (Å²) >= 11 is 0. The molecule has 1 unspecified atom stereocenters. The Hall–Kier alpha value is -0.810. The van der Waals surface area contributed by atoms with E-state index in [0.29, 0.717) is 6.61 Å². The van der Waals surface area contributed by atoms with Gasteiger partial charge in [0.15, 0.2) is 0 Å². The fraction of sp³-hybridized carbons (Fsp3) is 0.900. The number of ether oxygens (including phenoxy) is 2. The largest absolute Gasteiger partial charge is 0.447 e. The van der Waals surface area contributed by atoms with Crippen molar-refractivity contribution in [3.8, 4) is 0 Å². The molecule has 1 saturated heterocycles. The van der Waals surface area contributed by atoms with E-state index in [2.05, 4.69) is 5.32 Å². The standard InChI is InChI=1S/C10H19NO4/c1-10(2)7-8(3-5-15-10)11-9(13)14-6-4-12/h8,12H,3-7H2,1-2H3,(H,11,13). The Bertz CT molecular complexity index is 217. The summed E-state index contributed by atoms with van der Waals surface area (Å²) in [5, 5.41) is 11.2. The Morgan fingerprint density at radius 3 is 3.00 bits per heavy atom. The first-order chi connectivity index (χ1) is 7.03. The van der Waals surface area contributed by atoms with E-state index in [4.69, 9.17) is 14.6 Å². The lowest BCUT2D eigenvalue weighted by atomic mass is 9.94. The van der Waals surface area contributed by atoms with Gasteiger partial charge >= 0.3 is 6.09 Å². The average molecular weight is 217 g/mol. The van der Waals surface area contributed by atoms with E-state index in [1.807, 2.05) is 13.8 Å². The van der Waals surface area contributed by atoms with Crippen LogP contribution >= 0.6 is 0 Å². The second kappa shape index (κ2) is 5.32. The van der Waals surface area contributed by atoms with Crippen LogP contribution in [0.5, 0.6) is 0 Å². The second-order valence-corrected chi connectivity index (χ2v) is 4.30. The lowest BCUT2D eigenvalue weighted by Gasteiger charge is -2.35. The second-order valence-electron chi connectivity index (χ2n) is 4.30. The zero-order valence-corrected chi connectivity index (χ0v) is 9.28. The highest BCUT2D eigenvalue weighted by atomic mass is 16.6. The van der Waals surface area contributed by atoms with E-state index in [-0.39, 0.29) is 24.9 Å². The molecule has 0 spiro atoms. The Kier molecular flexibility index (Phi) is 4.35. The highest BCUT2D eigenvalue weighted by Crippen LogP contribution is 2.23. The predicted octanol–water partition coefficient (Wildman–Crippen LogP) is 0.662. The number of alkyl carbamates (subject to hydrolysis) is 1. The van der Waals surface area contributed by atoms with Crippen molar-refractivity contribution in [2.24, 2.45) is 0 Å². The van der Waals surface area contributed by atoms with Crippen molar-refractivity contribution in [1.29, 1.82) is 0 Å². The van der Waals surface area contributed by atoms with Crippen LogP contribution in [0.2, 0.25) is 0 Å². The van der Waals surface area contributed by atoms with Crippen LogP contribution in [0.15, 0.2) is 0 Å². The van der Waals surface area contributed by atoms with E-state index in [9.17, 15) is 4.79 Å². The first-order valence-electron chi connectivity index (χ1n) is 5.21. The van der Waals surface area contributed by atoms with Crippen molar-refractivity contribution >= 4 is 6.09 Å². The lowest BCUT2D eigenvalue weighted by Crippen LogP contribution is -2.46. The van der Waals surface area contributed by atoms with Crippen molar-refractivity contribution in [3.05, 3.63) is 0 Å². The van der Waals surface area contributed by atoms with Crippen molar-refractivity contribution in [3.63, 3.8) is 0 Å². The van der Waals surface area contributed by atoms with Gasteiger partial charge in [0, 0.05) is 12.6 Å². The van der Waals surface area contributed by atoms with E-state index in [1.54, 1.807) is 0 Å². The molecule has 0 saturated carbocycles. The third-order valence-corrected chi connectivity index (χ3v) is 2.34. The topological polar surface area (TPSA) is 67.8 Å². The Morgan fingerprint density at radius 2 is 2.40 bits per heavy atom. The van der Waals surface area contributed by atoms with Crippen molar-refractivity contribution in [2.45, 2.75) is 38.3 Å². The smallest absolute Gasteiger partial charge is 0.407 e. The molecule has 0 bridgehead atoms. The van der Waals surface area contributed by atoms with Crippen molar-refractivity contribution < 1.29 is 19.4 Å². The lowest BCUT2D eigenvalue weighted by molar-refractivity contribution is -0.0622. The monoisotopic (exact) mass is 217 g/mol. The number of rotatable bonds is 3. The Morgan fingerprint density at radius 1 is 1.67 bits per heavy atom. The number of nitrogens with one attached hydrogen (secondary N) is 1. The van der Waals surface area contributed by atoms with Gasteiger partial charge in [0.2, 0.25) is 0 Å². The molecule has 5 heteroatoms. The zero-order valence-electron chi connectivity index (χ0n) is 9.28. The van der Waals surface area contributed by atoms with Crippen LogP contribution in [-0.2, 0) is 9.47 Å². The summed E-state index contributed by atoms with van der Waals surface area (Å²) in [5.41, 5.74) is -0.187. The van der Waals surface area contributed by atoms with Crippen LogP contribution in [0.3, 0.4) is 0 Å². The van der Waals surface area contributed by atoms with Crippen LogP contribution in [-0.4, -0.2) is 42.7 Å².